The number of sulfone groups is 1. The molecule has 0 spiro atoms. The summed E-state index contributed by atoms with van der Waals surface area (Å²) in [6, 6.07) is 10.2. The third kappa shape index (κ3) is 5.02. The summed E-state index contributed by atoms with van der Waals surface area (Å²) >= 11 is 0. The minimum absolute atomic E-state index is 0.0326. The molecular weight excluding hydrogens is 298 g/mol. The quantitative estimate of drug-likeness (QED) is 0.637. The van der Waals surface area contributed by atoms with E-state index >= 15 is 0 Å². The Hall–Kier alpha value is -1.56. The third-order valence-corrected chi connectivity index (χ3v) is 5.58. The highest BCUT2D eigenvalue weighted by Crippen LogP contribution is 2.15. The molecule has 1 aromatic carbocycles. The van der Waals surface area contributed by atoms with Gasteiger partial charge in [0.15, 0.2) is 15.8 Å². The van der Waals surface area contributed by atoms with E-state index in [9.17, 15) is 8.42 Å². The van der Waals surface area contributed by atoms with Crippen LogP contribution in [0.25, 0.3) is 0 Å². The molecule has 1 aromatic rings. The first-order chi connectivity index (χ1) is 10.5. The second-order valence-electron chi connectivity index (χ2n) is 5.78. The molecule has 1 aliphatic rings. The Kier molecular flexibility index (Phi) is 5.83. The van der Waals surface area contributed by atoms with Crippen molar-refractivity contribution in [3.63, 3.8) is 0 Å². The number of benzene rings is 1. The number of nitrogens with zero attached hydrogens (tertiary/aromatic N) is 1. The summed E-state index contributed by atoms with van der Waals surface area (Å²) in [5.74, 6) is 1.49. The predicted molar refractivity (Wildman–Crippen MR) is 91.0 cm³/mol. The van der Waals surface area contributed by atoms with Crippen LogP contribution in [0.3, 0.4) is 0 Å². The third-order valence-electron chi connectivity index (χ3n) is 3.81. The van der Waals surface area contributed by atoms with Crippen molar-refractivity contribution >= 4 is 15.8 Å². The fourth-order valence-corrected chi connectivity index (χ4v) is 4.21. The van der Waals surface area contributed by atoms with Crippen molar-refractivity contribution in [3.8, 4) is 0 Å². The molecule has 5 nitrogen and oxygen atoms in total. The van der Waals surface area contributed by atoms with Crippen LogP contribution in [0.15, 0.2) is 35.3 Å². The minimum Gasteiger partial charge on any atom is -0.357 e. The zero-order chi connectivity index (χ0) is 16.0. The van der Waals surface area contributed by atoms with Crippen molar-refractivity contribution in [1.82, 2.24) is 10.6 Å². The molecule has 2 rings (SSSR count). The first-order valence-electron chi connectivity index (χ1n) is 7.80. The van der Waals surface area contributed by atoms with E-state index in [-0.39, 0.29) is 17.5 Å². The van der Waals surface area contributed by atoms with E-state index in [1.165, 1.54) is 5.56 Å². The highest BCUT2D eigenvalue weighted by Gasteiger charge is 2.28. The standard InChI is InChI=1S/C16H25N3O2S/c1-3-17-16(19-15-9-10-22(20,21)12-15)18-11-13(2)14-7-5-4-6-8-14/h4-8,13,15H,3,9-12H2,1-2H3,(H2,17,18,19). The molecule has 122 valence electrons. The molecule has 1 aliphatic heterocycles. The molecule has 0 bridgehead atoms. The number of nitrogens with one attached hydrogen (secondary N) is 2. The Balaban J connectivity index is 1.95. The number of guanidine groups is 1. The fourth-order valence-electron chi connectivity index (χ4n) is 2.54. The average Bonchev–Trinajstić information content (AvgIpc) is 2.84. The normalized spacial score (nSPS) is 22.3. The number of aliphatic imine (C=N–C) groups is 1. The summed E-state index contributed by atoms with van der Waals surface area (Å²) in [6.07, 6.45) is 0.654. The van der Waals surface area contributed by atoms with Crippen LogP contribution in [0.2, 0.25) is 0 Å². The molecule has 1 fully saturated rings. The molecule has 0 aliphatic carbocycles. The van der Waals surface area contributed by atoms with Crippen LogP contribution in [-0.2, 0) is 9.84 Å². The Morgan fingerprint density at radius 3 is 2.68 bits per heavy atom. The maximum atomic E-state index is 11.5. The topological polar surface area (TPSA) is 70.6 Å². The van der Waals surface area contributed by atoms with Gasteiger partial charge in [-0.15, -0.1) is 0 Å². The summed E-state index contributed by atoms with van der Waals surface area (Å²) in [4.78, 5) is 4.60. The lowest BCUT2D eigenvalue weighted by atomic mass is 10.0. The Labute approximate surface area is 133 Å². The Bertz CT molecular complexity index is 599. The van der Waals surface area contributed by atoms with Crippen LogP contribution in [0.5, 0.6) is 0 Å². The van der Waals surface area contributed by atoms with Crippen LogP contribution < -0.4 is 10.6 Å². The highest BCUT2D eigenvalue weighted by atomic mass is 32.2. The lowest BCUT2D eigenvalue weighted by Gasteiger charge is -2.17. The van der Waals surface area contributed by atoms with E-state index in [0.717, 1.165) is 6.54 Å². The largest absolute Gasteiger partial charge is 0.357 e. The van der Waals surface area contributed by atoms with Crippen LogP contribution >= 0.6 is 0 Å². The van der Waals surface area contributed by atoms with Crippen molar-refractivity contribution in [2.24, 2.45) is 4.99 Å². The second-order valence-corrected chi connectivity index (χ2v) is 8.00. The lowest BCUT2D eigenvalue weighted by Crippen LogP contribution is -2.44. The van der Waals surface area contributed by atoms with Crippen LogP contribution in [0, 0.1) is 0 Å². The van der Waals surface area contributed by atoms with Gasteiger partial charge in [-0.3, -0.25) is 4.99 Å². The number of hydrogen-bond acceptors (Lipinski definition) is 3. The average molecular weight is 323 g/mol. The van der Waals surface area contributed by atoms with Gasteiger partial charge >= 0.3 is 0 Å². The summed E-state index contributed by atoms with van der Waals surface area (Å²) in [5, 5.41) is 6.43. The van der Waals surface area contributed by atoms with E-state index in [0.29, 0.717) is 24.8 Å². The SMILES string of the molecule is CCNC(=NCC(C)c1ccccc1)NC1CCS(=O)(=O)C1. The minimum atomic E-state index is -2.88. The first-order valence-corrected chi connectivity index (χ1v) is 9.62. The molecule has 6 heteroatoms. The van der Waals surface area contributed by atoms with Crippen LogP contribution in [-0.4, -0.2) is 45.0 Å². The van der Waals surface area contributed by atoms with E-state index in [4.69, 9.17) is 0 Å². The maximum absolute atomic E-state index is 11.5. The van der Waals surface area contributed by atoms with Gasteiger partial charge in [-0.2, -0.15) is 0 Å². The van der Waals surface area contributed by atoms with Crippen molar-refractivity contribution < 1.29 is 8.42 Å². The molecule has 2 unspecified atom stereocenters. The molecule has 0 aromatic heterocycles. The Morgan fingerprint density at radius 2 is 2.09 bits per heavy atom. The van der Waals surface area contributed by atoms with E-state index in [1.807, 2.05) is 25.1 Å². The lowest BCUT2D eigenvalue weighted by molar-refractivity contribution is 0.599. The van der Waals surface area contributed by atoms with Gasteiger partial charge in [0, 0.05) is 25.0 Å². The molecule has 0 amide bonds. The van der Waals surface area contributed by atoms with Gasteiger partial charge in [-0.25, -0.2) is 8.42 Å². The van der Waals surface area contributed by atoms with Crippen LogP contribution in [0.4, 0.5) is 0 Å². The second kappa shape index (κ2) is 7.63. The van der Waals surface area contributed by atoms with E-state index < -0.39 is 9.84 Å². The summed E-state index contributed by atoms with van der Waals surface area (Å²) in [5.41, 5.74) is 1.26. The summed E-state index contributed by atoms with van der Waals surface area (Å²) in [7, 11) is -2.88. The van der Waals surface area contributed by atoms with Gasteiger partial charge in [-0.1, -0.05) is 37.3 Å². The van der Waals surface area contributed by atoms with Crippen molar-refractivity contribution in [1.29, 1.82) is 0 Å². The van der Waals surface area contributed by atoms with Gasteiger partial charge in [-0.05, 0) is 18.9 Å². The van der Waals surface area contributed by atoms with Crippen molar-refractivity contribution in [2.75, 3.05) is 24.6 Å². The van der Waals surface area contributed by atoms with Crippen LogP contribution in [0.1, 0.15) is 31.7 Å². The fraction of sp³-hybridized carbons (Fsp3) is 0.562. The van der Waals surface area contributed by atoms with Gasteiger partial charge < -0.3 is 10.6 Å². The van der Waals surface area contributed by atoms with Gasteiger partial charge in [0.2, 0.25) is 0 Å². The molecule has 0 saturated carbocycles. The number of rotatable bonds is 5. The van der Waals surface area contributed by atoms with E-state index in [1.54, 1.807) is 0 Å². The van der Waals surface area contributed by atoms with Crippen molar-refractivity contribution in [2.45, 2.75) is 32.2 Å². The summed E-state index contributed by atoms with van der Waals surface area (Å²) in [6.45, 7) is 5.56. The Morgan fingerprint density at radius 1 is 1.36 bits per heavy atom. The molecule has 22 heavy (non-hydrogen) atoms. The number of hydrogen-bond donors (Lipinski definition) is 2. The smallest absolute Gasteiger partial charge is 0.191 e. The van der Waals surface area contributed by atoms with Crippen molar-refractivity contribution in [3.05, 3.63) is 35.9 Å². The van der Waals surface area contributed by atoms with Gasteiger partial charge in [0.1, 0.15) is 0 Å². The monoisotopic (exact) mass is 323 g/mol. The van der Waals surface area contributed by atoms with Gasteiger partial charge in [0.25, 0.3) is 0 Å². The van der Waals surface area contributed by atoms with Gasteiger partial charge in [0.05, 0.1) is 11.5 Å². The molecule has 2 atom stereocenters. The summed E-state index contributed by atoms with van der Waals surface area (Å²) < 4.78 is 23.1. The molecule has 1 saturated heterocycles. The maximum Gasteiger partial charge on any atom is 0.191 e. The molecule has 1 heterocycles. The first kappa shape index (κ1) is 16.8. The van der Waals surface area contributed by atoms with E-state index in [2.05, 4.69) is 34.7 Å². The molecule has 2 N–H and O–H groups in total. The zero-order valence-corrected chi connectivity index (χ0v) is 14.1. The predicted octanol–water partition coefficient (Wildman–Crippen LogP) is 1.53. The molecular formula is C16H25N3O2S. The zero-order valence-electron chi connectivity index (χ0n) is 13.2. The highest BCUT2D eigenvalue weighted by molar-refractivity contribution is 7.91. The molecule has 0 radical (unpaired) electrons.